The summed E-state index contributed by atoms with van der Waals surface area (Å²) in [6.07, 6.45) is 4.37. The zero-order valence-electron chi connectivity index (χ0n) is 18.1. The highest BCUT2D eigenvalue weighted by atomic mass is 32.1. The number of hydrazine groups is 1. The van der Waals surface area contributed by atoms with Crippen LogP contribution in [0.25, 0.3) is 0 Å². The fourth-order valence-corrected chi connectivity index (χ4v) is 5.21. The Labute approximate surface area is 166 Å². The molecule has 0 saturated carbocycles. The second-order valence-corrected chi connectivity index (χ2v) is 11.1. The predicted octanol–water partition coefficient (Wildman–Crippen LogP) is 3.78. The second-order valence-electron chi connectivity index (χ2n) is 10.7. The van der Waals surface area contributed by atoms with Gasteiger partial charge in [-0.1, -0.05) is 12.8 Å². The van der Waals surface area contributed by atoms with Gasteiger partial charge in [0.2, 0.25) is 0 Å². The van der Waals surface area contributed by atoms with E-state index in [1.165, 1.54) is 0 Å². The molecule has 0 bridgehead atoms. The number of piperidine rings is 2. The van der Waals surface area contributed by atoms with Crippen molar-refractivity contribution in [3.8, 4) is 0 Å². The molecule has 0 unspecified atom stereocenters. The molecule has 0 aliphatic carbocycles. The Balaban J connectivity index is 1.80. The fourth-order valence-electron chi connectivity index (χ4n) is 5.05. The first kappa shape index (κ1) is 22.4. The summed E-state index contributed by atoms with van der Waals surface area (Å²) in [5.41, 5.74) is -0.0573. The molecule has 2 rings (SSSR count). The Hall–Kier alpha value is 0.150. The Kier molecular flexibility index (Phi) is 6.49. The molecule has 0 aromatic heterocycles. The summed E-state index contributed by atoms with van der Waals surface area (Å²) >= 11 is 4.72. The van der Waals surface area contributed by atoms with Gasteiger partial charge in [-0.15, -0.1) is 0 Å². The van der Waals surface area contributed by atoms with E-state index >= 15 is 0 Å². The van der Waals surface area contributed by atoms with Crippen LogP contribution >= 0.6 is 12.8 Å². The van der Waals surface area contributed by atoms with Gasteiger partial charge >= 0.3 is 0 Å². The van der Waals surface area contributed by atoms with E-state index in [-0.39, 0.29) is 34.4 Å². The van der Waals surface area contributed by atoms with Crippen LogP contribution < -0.4 is 5.84 Å². The van der Waals surface area contributed by atoms with Gasteiger partial charge in [0.15, 0.2) is 0 Å². The van der Waals surface area contributed by atoms with E-state index < -0.39 is 0 Å². The number of thiol groups is 1. The van der Waals surface area contributed by atoms with E-state index in [9.17, 15) is 0 Å². The maximum atomic E-state index is 6.31. The van der Waals surface area contributed by atoms with Crippen molar-refractivity contribution in [1.29, 1.82) is 0 Å². The maximum absolute atomic E-state index is 6.31. The number of ether oxygens (including phenoxy) is 2. The van der Waals surface area contributed by atoms with Crippen molar-refractivity contribution in [2.24, 2.45) is 5.84 Å². The summed E-state index contributed by atoms with van der Waals surface area (Å²) in [5, 5.41) is 1.99. The largest absolute Gasteiger partial charge is 0.376 e. The molecule has 6 heteroatoms. The van der Waals surface area contributed by atoms with Crippen LogP contribution in [-0.4, -0.2) is 56.9 Å². The van der Waals surface area contributed by atoms with Crippen molar-refractivity contribution in [1.82, 2.24) is 9.31 Å². The van der Waals surface area contributed by atoms with Crippen LogP contribution in [0, 0.1) is 0 Å². The van der Waals surface area contributed by atoms with Gasteiger partial charge in [0.1, 0.15) is 0 Å². The molecular weight excluding hydrogens is 346 g/mol. The highest BCUT2D eigenvalue weighted by Crippen LogP contribution is 2.41. The number of nitrogens with zero attached hydrogens (tertiary/aromatic N) is 2. The number of hydrogen-bond acceptors (Lipinski definition) is 6. The minimum absolute atomic E-state index is 0.0262. The predicted molar refractivity (Wildman–Crippen MR) is 111 cm³/mol. The SMILES string of the molecule is CC1(C)CC(OCCOC2CC(C)(C)N(S)C(C)(C)C2)CC(C)(C)N1N. The Morgan fingerprint density at radius 3 is 1.38 bits per heavy atom. The highest BCUT2D eigenvalue weighted by molar-refractivity contribution is 7.77. The van der Waals surface area contributed by atoms with Crippen LogP contribution in [0.1, 0.15) is 81.1 Å². The van der Waals surface area contributed by atoms with Crippen molar-refractivity contribution >= 4 is 12.8 Å². The van der Waals surface area contributed by atoms with E-state index in [2.05, 4.69) is 59.7 Å². The normalized spacial score (nSPS) is 29.8. The van der Waals surface area contributed by atoms with Crippen LogP contribution in [-0.2, 0) is 9.47 Å². The molecular formula is C20H41N3O2S. The van der Waals surface area contributed by atoms with E-state index in [1.54, 1.807) is 0 Å². The third-order valence-corrected chi connectivity index (χ3v) is 7.23. The van der Waals surface area contributed by atoms with E-state index in [1.807, 2.05) is 5.01 Å². The molecule has 5 nitrogen and oxygen atoms in total. The summed E-state index contributed by atoms with van der Waals surface area (Å²) in [6.45, 7) is 19.0. The van der Waals surface area contributed by atoms with Crippen LogP contribution in [0.4, 0.5) is 0 Å². The van der Waals surface area contributed by atoms with Gasteiger partial charge in [-0.2, -0.15) is 0 Å². The van der Waals surface area contributed by atoms with Crippen molar-refractivity contribution in [3.05, 3.63) is 0 Å². The van der Waals surface area contributed by atoms with E-state index in [0.29, 0.717) is 13.2 Å². The Morgan fingerprint density at radius 2 is 1.04 bits per heavy atom. The van der Waals surface area contributed by atoms with Crippen molar-refractivity contribution in [2.75, 3.05) is 13.2 Å². The molecule has 2 aliphatic rings. The topological polar surface area (TPSA) is 51.0 Å². The first-order valence-corrected chi connectivity index (χ1v) is 10.3. The molecule has 2 fully saturated rings. The molecule has 2 saturated heterocycles. The van der Waals surface area contributed by atoms with E-state index in [0.717, 1.165) is 25.7 Å². The summed E-state index contributed by atoms with van der Waals surface area (Å²) < 4.78 is 14.6. The summed E-state index contributed by atoms with van der Waals surface area (Å²) in [6, 6.07) is 0. The second kappa shape index (κ2) is 7.53. The number of nitrogens with two attached hydrogens (primary N) is 1. The van der Waals surface area contributed by atoms with Gasteiger partial charge in [0.25, 0.3) is 0 Å². The third kappa shape index (κ3) is 4.95. The Morgan fingerprint density at radius 1 is 0.731 bits per heavy atom. The number of rotatable bonds is 5. The van der Waals surface area contributed by atoms with Gasteiger partial charge in [0.05, 0.1) is 25.4 Å². The summed E-state index contributed by atoms with van der Waals surface area (Å²) in [7, 11) is 0. The van der Waals surface area contributed by atoms with Crippen molar-refractivity contribution < 1.29 is 9.47 Å². The minimum Gasteiger partial charge on any atom is -0.376 e. The summed E-state index contributed by atoms with van der Waals surface area (Å²) in [5.74, 6) is 6.31. The molecule has 0 spiro atoms. The molecule has 0 atom stereocenters. The van der Waals surface area contributed by atoms with Crippen molar-refractivity contribution in [2.45, 2.75) is 115 Å². The molecule has 0 amide bonds. The quantitative estimate of drug-likeness (QED) is 0.427. The first-order valence-electron chi connectivity index (χ1n) is 9.95. The zero-order chi connectivity index (χ0) is 20.0. The fraction of sp³-hybridized carbons (Fsp3) is 1.00. The lowest BCUT2D eigenvalue weighted by molar-refractivity contribution is -0.122. The average Bonchev–Trinajstić information content (AvgIpc) is 2.45. The molecule has 0 aromatic carbocycles. The number of hydrogen-bond donors (Lipinski definition) is 2. The standard InChI is InChI=1S/C20H41N3O2S/c1-17(2)11-15(12-18(3,4)22(17)21)24-9-10-25-16-13-19(5,6)23(26)20(7,8)14-16/h15-16,26H,9-14,21H2,1-8H3. The van der Waals surface area contributed by atoms with Crippen LogP contribution in [0.15, 0.2) is 0 Å². The van der Waals surface area contributed by atoms with E-state index in [4.69, 9.17) is 28.1 Å². The summed E-state index contributed by atoms with van der Waals surface area (Å²) in [4.78, 5) is 0. The average molecular weight is 388 g/mol. The Bertz CT molecular complexity index is 413. The molecule has 2 N–H and O–H groups in total. The molecule has 154 valence electrons. The zero-order valence-corrected chi connectivity index (χ0v) is 19.0. The first-order chi connectivity index (χ1) is 11.7. The van der Waals surface area contributed by atoms with Crippen LogP contribution in [0.2, 0.25) is 0 Å². The monoisotopic (exact) mass is 387 g/mol. The lowest BCUT2D eigenvalue weighted by Gasteiger charge is -2.52. The highest BCUT2D eigenvalue weighted by Gasteiger charge is 2.45. The lowest BCUT2D eigenvalue weighted by Crippen LogP contribution is -2.65. The minimum atomic E-state index is -0.0548. The van der Waals surface area contributed by atoms with Crippen LogP contribution in [0.5, 0.6) is 0 Å². The van der Waals surface area contributed by atoms with Crippen LogP contribution in [0.3, 0.4) is 0 Å². The smallest absolute Gasteiger partial charge is 0.0704 e. The van der Waals surface area contributed by atoms with Gasteiger partial charge in [0, 0.05) is 22.2 Å². The molecule has 26 heavy (non-hydrogen) atoms. The third-order valence-electron chi connectivity index (χ3n) is 6.15. The molecule has 0 radical (unpaired) electrons. The van der Waals surface area contributed by atoms with Gasteiger partial charge < -0.3 is 9.47 Å². The maximum Gasteiger partial charge on any atom is 0.0704 e. The van der Waals surface area contributed by atoms with Crippen molar-refractivity contribution in [3.63, 3.8) is 0 Å². The molecule has 0 aromatic rings. The molecule has 2 heterocycles. The van der Waals surface area contributed by atoms with Gasteiger partial charge in [-0.3, -0.25) is 5.84 Å². The van der Waals surface area contributed by atoms with Gasteiger partial charge in [-0.05, 0) is 81.1 Å². The van der Waals surface area contributed by atoms with Gasteiger partial charge in [-0.25, -0.2) is 9.31 Å². The lowest BCUT2D eigenvalue weighted by atomic mass is 9.80. The molecule has 2 aliphatic heterocycles.